The molecule has 4 bridgehead atoms. The highest BCUT2D eigenvalue weighted by atomic mass is 16.6. The molecule has 5 rings (SSSR count). The van der Waals surface area contributed by atoms with Crippen molar-refractivity contribution in [1.29, 1.82) is 0 Å². The smallest absolute Gasteiger partial charge is 0.270 e. The van der Waals surface area contributed by atoms with Crippen LogP contribution in [-0.4, -0.2) is 31.2 Å². The quantitative estimate of drug-likeness (QED) is 0.545. The molecular formula is C23H31N3O3. The summed E-state index contributed by atoms with van der Waals surface area (Å²) in [5.74, 6) is 2.05. The minimum Gasteiger partial charge on any atom is -0.386 e. The van der Waals surface area contributed by atoms with E-state index in [1.165, 1.54) is 38.5 Å². The van der Waals surface area contributed by atoms with Gasteiger partial charge in [-0.05, 0) is 87.2 Å². The molecule has 0 atom stereocenters. The Hall–Kier alpha value is -2.37. The minimum absolute atomic E-state index is 0.167. The zero-order chi connectivity index (χ0) is 20.4. The maximum Gasteiger partial charge on any atom is 0.270 e. The number of aryl methyl sites for hydroxylation is 2. The van der Waals surface area contributed by atoms with Crippen LogP contribution in [0.3, 0.4) is 0 Å². The van der Waals surface area contributed by atoms with Crippen molar-refractivity contribution in [3.63, 3.8) is 0 Å². The number of benzene rings is 1. The Labute approximate surface area is 172 Å². The van der Waals surface area contributed by atoms with E-state index < -0.39 is 0 Å². The van der Waals surface area contributed by atoms with Gasteiger partial charge in [0.25, 0.3) is 11.8 Å². The Bertz CT molecular complexity index is 782. The lowest BCUT2D eigenvalue weighted by molar-refractivity contribution is -0.127. The van der Waals surface area contributed by atoms with E-state index in [1.807, 2.05) is 32.0 Å². The number of anilines is 1. The highest BCUT2D eigenvalue weighted by molar-refractivity contribution is 6.31. The zero-order valence-electron chi connectivity index (χ0n) is 17.4. The van der Waals surface area contributed by atoms with Crippen molar-refractivity contribution in [2.45, 2.75) is 52.4 Å². The summed E-state index contributed by atoms with van der Waals surface area (Å²) in [5, 5.41) is 9.43. The molecule has 0 aromatic heterocycles. The lowest BCUT2D eigenvalue weighted by Gasteiger charge is -2.56. The summed E-state index contributed by atoms with van der Waals surface area (Å²) in [6, 6.07) is 5.79. The van der Waals surface area contributed by atoms with Gasteiger partial charge in [0.15, 0.2) is 6.61 Å². The zero-order valence-corrected chi connectivity index (χ0v) is 17.4. The largest absolute Gasteiger partial charge is 0.386 e. The summed E-state index contributed by atoms with van der Waals surface area (Å²) in [4.78, 5) is 29.1. The first-order chi connectivity index (χ1) is 13.9. The number of oxime groups is 1. The van der Waals surface area contributed by atoms with Crippen molar-refractivity contribution in [3.05, 3.63) is 29.3 Å². The lowest BCUT2D eigenvalue weighted by Crippen LogP contribution is -2.51. The van der Waals surface area contributed by atoms with E-state index in [1.54, 1.807) is 0 Å². The van der Waals surface area contributed by atoms with Gasteiger partial charge in [0.05, 0.1) is 0 Å². The second-order valence-corrected chi connectivity index (χ2v) is 9.51. The number of carbonyl (C=O) groups is 2. The van der Waals surface area contributed by atoms with Crippen LogP contribution < -0.4 is 10.6 Å². The first kappa shape index (κ1) is 19.9. The third-order valence-electron chi connectivity index (χ3n) is 6.91. The fourth-order valence-corrected chi connectivity index (χ4v) is 6.14. The third kappa shape index (κ3) is 4.80. The summed E-state index contributed by atoms with van der Waals surface area (Å²) < 4.78 is 0. The van der Waals surface area contributed by atoms with Gasteiger partial charge in [0.2, 0.25) is 0 Å². The number of hydrogen-bond donors (Lipinski definition) is 2. The van der Waals surface area contributed by atoms with Crippen LogP contribution in [0, 0.1) is 37.0 Å². The normalized spacial score (nSPS) is 29.8. The molecule has 29 heavy (non-hydrogen) atoms. The maximum absolute atomic E-state index is 12.1. The van der Waals surface area contributed by atoms with Crippen molar-refractivity contribution >= 4 is 23.7 Å². The minimum atomic E-state index is -0.383. The average Bonchev–Trinajstić information content (AvgIpc) is 2.65. The standard InChI is InChI=1S/C23H31N3O3/c1-15-3-4-20(16(2)5-15)26-21(27)12-25-29-13-22(28)24-14-23-9-17-6-18(10-23)8-19(7-17)11-23/h3-5,12,17-19H,6-11,13-14H2,1-2H3,(H,24,28)(H,26,27)/b25-12-. The van der Waals surface area contributed by atoms with E-state index in [2.05, 4.69) is 15.8 Å². The number of nitrogens with zero attached hydrogens (tertiary/aromatic N) is 1. The molecule has 1 aromatic rings. The van der Waals surface area contributed by atoms with Gasteiger partial charge in [0.1, 0.15) is 6.21 Å². The highest BCUT2D eigenvalue weighted by Gasteiger charge is 2.50. The van der Waals surface area contributed by atoms with Gasteiger partial charge in [-0.1, -0.05) is 22.9 Å². The summed E-state index contributed by atoms with van der Waals surface area (Å²) in [7, 11) is 0. The van der Waals surface area contributed by atoms with Gasteiger partial charge in [-0.15, -0.1) is 0 Å². The topological polar surface area (TPSA) is 79.8 Å². The Morgan fingerprint density at radius 1 is 1.14 bits per heavy atom. The Morgan fingerprint density at radius 3 is 2.41 bits per heavy atom. The van der Waals surface area contributed by atoms with E-state index in [0.717, 1.165) is 47.3 Å². The molecule has 4 aliphatic rings. The molecule has 2 N–H and O–H groups in total. The molecule has 1 aromatic carbocycles. The van der Waals surface area contributed by atoms with Crippen molar-refractivity contribution < 1.29 is 14.4 Å². The first-order valence-corrected chi connectivity index (χ1v) is 10.7. The van der Waals surface area contributed by atoms with Crippen LogP contribution >= 0.6 is 0 Å². The monoisotopic (exact) mass is 397 g/mol. The van der Waals surface area contributed by atoms with Crippen LogP contribution in [0.1, 0.15) is 49.7 Å². The molecular weight excluding hydrogens is 366 g/mol. The average molecular weight is 398 g/mol. The molecule has 0 unspecified atom stereocenters. The van der Waals surface area contributed by atoms with Crippen LogP contribution in [-0.2, 0) is 14.4 Å². The van der Waals surface area contributed by atoms with Crippen molar-refractivity contribution in [2.24, 2.45) is 28.3 Å². The van der Waals surface area contributed by atoms with E-state index in [4.69, 9.17) is 4.84 Å². The fourth-order valence-electron chi connectivity index (χ4n) is 6.14. The van der Waals surface area contributed by atoms with Gasteiger partial charge < -0.3 is 15.5 Å². The van der Waals surface area contributed by atoms with Crippen LogP contribution in [0.2, 0.25) is 0 Å². The van der Waals surface area contributed by atoms with Gasteiger partial charge in [-0.3, -0.25) is 9.59 Å². The maximum atomic E-state index is 12.1. The Morgan fingerprint density at radius 2 is 1.79 bits per heavy atom. The number of carbonyl (C=O) groups excluding carboxylic acids is 2. The predicted molar refractivity (Wildman–Crippen MR) is 113 cm³/mol. The molecule has 0 radical (unpaired) electrons. The lowest BCUT2D eigenvalue weighted by atomic mass is 9.49. The van der Waals surface area contributed by atoms with Gasteiger partial charge in [0, 0.05) is 12.2 Å². The third-order valence-corrected chi connectivity index (χ3v) is 6.91. The van der Waals surface area contributed by atoms with E-state index in [9.17, 15) is 9.59 Å². The molecule has 156 valence electrons. The second-order valence-electron chi connectivity index (χ2n) is 9.51. The van der Waals surface area contributed by atoms with Crippen LogP contribution in [0.5, 0.6) is 0 Å². The Kier molecular flexibility index (Phi) is 5.61. The van der Waals surface area contributed by atoms with Crippen LogP contribution in [0.15, 0.2) is 23.4 Å². The predicted octanol–water partition coefficient (Wildman–Crippen LogP) is 3.58. The molecule has 0 aliphatic heterocycles. The van der Waals surface area contributed by atoms with Crippen LogP contribution in [0.4, 0.5) is 5.69 Å². The van der Waals surface area contributed by atoms with Crippen molar-refractivity contribution in [3.8, 4) is 0 Å². The summed E-state index contributed by atoms with van der Waals surface area (Å²) in [6.07, 6.45) is 9.04. The Balaban J connectivity index is 1.18. The summed E-state index contributed by atoms with van der Waals surface area (Å²) in [6.45, 7) is 4.52. The molecule has 0 saturated heterocycles. The fraction of sp³-hybridized carbons (Fsp3) is 0.609. The molecule has 4 fully saturated rings. The van der Waals surface area contributed by atoms with Gasteiger partial charge in [-0.2, -0.15) is 0 Å². The molecule has 4 saturated carbocycles. The second kappa shape index (κ2) is 8.17. The van der Waals surface area contributed by atoms with Gasteiger partial charge >= 0.3 is 0 Å². The molecule has 0 spiro atoms. The van der Waals surface area contributed by atoms with Crippen LogP contribution in [0.25, 0.3) is 0 Å². The molecule has 6 heteroatoms. The molecule has 6 nitrogen and oxygen atoms in total. The van der Waals surface area contributed by atoms with E-state index in [-0.39, 0.29) is 18.4 Å². The number of nitrogens with one attached hydrogen (secondary N) is 2. The molecule has 2 amide bonds. The summed E-state index contributed by atoms with van der Waals surface area (Å²) >= 11 is 0. The van der Waals surface area contributed by atoms with Crippen molar-refractivity contribution in [2.75, 3.05) is 18.5 Å². The highest BCUT2D eigenvalue weighted by Crippen LogP contribution is 2.59. The van der Waals surface area contributed by atoms with Crippen molar-refractivity contribution in [1.82, 2.24) is 5.32 Å². The molecule has 0 heterocycles. The number of rotatable bonds is 7. The SMILES string of the molecule is Cc1ccc(NC(=O)/C=N\OCC(=O)NCC23CC4CC(CC(C4)C2)C3)c(C)c1. The van der Waals surface area contributed by atoms with E-state index in [0.29, 0.717) is 5.41 Å². The van der Waals surface area contributed by atoms with Gasteiger partial charge in [-0.25, -0.2) is 0 Å². The molecule has 4 aliphatic carbocycles. The van der Waals surface area contributed by atoms with E-state index >= 15 is 0 Å². The summed E-state index contributed by atoms with van der Waals surface area (Å²) in [5.41, 5.74) is 3.16. The number of amides is 2. The first-order valence-electron chi connectivity index (χ1n) is 10.7. The number of hydrogen-bond acceptors (Lipinski definition) is 4.